The van der Waals surface area contributed by atoms with E-state index in [-0.39, 0.29) is 5.41 Å². The molecule has 0 fully saturated rings. The first kappa shape index (κ1) is 23.1. The normalized spacial score (nSPS) is 16.8. The molecule has 1 atom stereocenters. The summed E-state index contributed by atoms with van der Waals surface area (Å²) in [5.74, 6) is 0. The van der Waals surface area contributed by atoms with Gasteiger partial charge in [-0.3, -0.25) is 0 Å². The van der Waals surface area contributed by atoms with Gasteiger partial charge in [0.05, 0.1) is 8.07 Å². The maximum Gasteiger partial charge on any atom is 0.422 e. The lowest BCUT2D eigenvalue weighted by Crippen LogP contribution is -2.59. The van der Waals surface area contributed by atoms with E-state index in [4.69, 9.17) is 19.3 Å². The fourth-order valence-electron chi connectivity index (χ4n) is 2.56. The van der Waals surface area contributed by atoms with Crippen LogP contribution in [-0.4, -0.2) is 32.6 Å². The van der Waals surface area contributed by atoms with Crippen LogP contribution in [0.2, 0.25) is 64.1 Å². The Hall–Kier alpha value is 1.08. The summed E-state index contributed by atoms with van der Waals surface area (Å²) >= 11 is 7.26. The maximum absolute atomic E-state index is 7.26. The molecule has 0 spiro atoms. The molecular formula is C15H39ClO2Si4. The van der Waals surface area contributed by atoms with E-state index < -0.39 is 32.6 Å². The van der Waals surface area contributed by atoms with Crippen LogP contribution in [0, 0.1) is 5.41 Å². The molecule has 0 saturated carbocycles. The van der Waals surface area contributed by atoms with E-state index >= 15 is 0 Å². The Kier molecular flexibility index (Phi) is 7.48. The summed E-state index contributed by atoms with van der Waals surface area (Å²) < 4.78 is 13.3. The van der Waals surface area contributed by atoms with Gasteiger partial charge in [-0.15, -0.1) is 11.1 Å². The second-order valence-electron chi connectivity index (χ2n) is 10.7. The molecular weight excluding hydrogens is 360 g/mol. The van der Waals surface area contributed by atoms with Gasteiger partial charge in [0.1, 0.15) is 0 Å². The molecule has 0 aliphatic heterocycles. The molecule has 0 aromatic heterocycles. The van der Waals surface area contributed by atoms with Crippen molar-refractivity contribution in [1.29, 1.82) is 0 Å². The maximum atomic E-state index is 7.26. The highest BCUT2D eigenvalue weighted by molar-refractivity contribution is 7.23. The second-order valence-corrected chi connectivity index (χ2v) is 30.2. The van der Waals surface area contributed by atoms with Gasteiger partial charge in [0.25, 0.3) is 0 Å². The number of halogens is 1. The largest absolute Gasteiger partial charge is 0.426 e. The van der Waals surface area contributed by atoms with Crippen molar-refractivity contribution in [2.24, 2.45) is 5.41 Å². The van der Waals surface area contributed by atoms with Crippen molar-refractivity contribution in [2.75, 3.05) is 0 Å². The minimum atomic E-state index is -2.74. The van der Waals surface area contributed by atoms with E-state index in [2.05, 4.69) is 79.7 Å². The summed E-state index contributed by atoms with van der Waals surface area (Å²) in [7, 11) is -7.76. The fourth-order valence-corrected chi connectivity index (χ4v) is 25.5. The van der Waals surface area contributed by atoms with Gasteiger partial charge in [-0.2, -0.15) is 0 Å². The van der Waals surface area contributed by atoms with Crippen molar-refractivity contribution >= 4 is 43.7 Å². The first-order valence-corrected chi connectivity index (χ1v) is 21.6. The lowest BCUT2D eigenvalue weighted by atomic mass is 9.93. The standard InChI is InChI=1S/C15H39ClO2Si4/c1-15(2,3)13-14(19(4,5)6)22(16,17-20(7,8)9)18-21(10,11)12/h14H,13H2,1-12H3. The van der Waals surface area contributed by atoms with Crippen molar-refractivity contribution in [3.8, 4) is 0 Å². The average Bonchev–Trinajstić information content (AvgIpc) is 2.03. The molecule has 1 unspecified atom stereocenters. The van der Waals surface area contributed by atoms with Crippen LogP contribution in [0.15, 0.2) is 0 Å². The Morgan fingerprint density at radius 2 is 1.09 bits per heavy atom. The molecule has 0 aromatic carbocycles. The Morgan fingerprint density at radius 1 is 0.773 bits per heavy atom. The number of rotatable bonds is 7. The van der Waals surface area contributed by atoms with Gasteiger partial charge in [0.15, 0.2) is 16.6 Å². The zero-order chi connectivity index (χ0) is 18.2. The lowest BCUT2D eigenvalue weighted by molar-refractivity contribution is 0.340. The van der Waals surface area contributed by atoms with Crippen LogP contribution in [0.5, 0.6) is 0 Å². The van der Waals surface area contributed by atoms with E-state index in [1.165, 1.54) is 0 Å². The van der Waals surface area contributed by atoms with Gasteiger partial charge in [-0.1, -0.05) is 40.4 Å². The predicted molar refractivity (Wildman–Crippen MR) is 112 cm³/mol. The molecule has 0 saturated heterocycles. The summed E-state index contributed by atoms with van der Waals surface area (Å²) in [6, 6.07) is 0. The second kappa shape index (κ2) is 7.13. The predicted octanol–water partition coefficient (Wildman–Crippen LogP) is 6.55. The van der Waals surface area contributed by atoms with Crippen LogP contribution in [0.4, 0.5) is 0 Å². The van der Waals surface area contributed by atoms with Crippen molar-refractivity contribution in [2.45, 2.75) is 91.3 Å². The Labute approximate surface area is 148 Å². The van der Waals surface area contributed by atoms with Crippen molar-refractivity contribution in [1.82, 2.24) is 0 Å². The van der Waals surface area contributed by atoms with Gasteiger partial charge in [0.2, 0.25) is 0 Å². The van der Waals surface area contributed by atoms with Gasteiger partial charge in [-0.25, -0.2) is 0 Å². The minimum absolute atomic E-state index is 0.240. The summed E-state index contributed by atoms with van der Waals surface area (Å²) in [5, 5.41) is 0.403. The molecule has 0 radical (unpaired) electrons. The van der Waals surface area contributed by atoms with Crippen LogP contribution < -0.4 is 0 Å². The molecule has 0 rings (SSSR count). The molecule has 0 aliphatic rings. The molecule has 0 aromatic rings. The highest BCUT2D eigenvalue weighted by Gasteiger charge is 2.55. The van der Waals surface area contributed by atoms with E-state index in [9.17, 15) is 0 Å². The molecule has 7 heteroatoms. The summed E-state index contributed by atoms with van der Waals surface area (Å²) in [6.45, 7) is 27.5. The smallest absolute Gasteiger partial charge is 0.422 e. The molecule has 0 bridgehead atoms. The van der Waals surface area contributed by atoms with Crippen LogP contribution in [-0.2, 0) is 8.23 Å². The summed E-state index contributed by atoms with van der Waals surface area (Å²) in [5.41, 5.74) is 0.240. The quantitative estimate of drug-likeness (QED) is 0.357. The third kappa shape index (κ3) is 9.39. The number of hydrogen-bond acceptors (Lipinski definition) is 2. The molecule has 0 aliphatic carbocycles. The Bertz CT molecular complexity index is 346. The van der Waals surface area contributed by atoms with E-state index in [0.29, 0.717) is 5.16 Å². The molecule has 0 heterocycles. The molecule has 0 amide bonds. The molecule has 0 N–H and O–H groups in total. The first-order valence-electron chi connectivity index (χ1n) is 8.34. The van der Waals surface area contributed by atoms with Crippen LogP contribution in [0.25, 0.3) is 0 Å². The number of hydrogen-bond donors (Lipinski definition) is 0. The van der Waals surface area contributed by atoms with E-state index in [0.717, 1.165) is 6.42 Å². The Balaban J connectivity index is 5.84. The first-order chi connectivity index (χ1) is 9.25. The monoisotopic (exact) mass is 398 g/mol. The highest BCUT2D eigenvalue weighted by Crippen LogP contribution is 2.46. The van der Waals surface area contributed by atoms with Crippen molar-refractivity contribution in [3.63, 3.8) is 0 Å². The topological polar surface area (TPSA) is 18.5 Å². The van der Waals surface area contributed by atoms with Crippen LogP contribution in [0.3, 0.4) is 0 Å². The molecule has 2 nitrogen and oxygen atoms in total. The lowest BCUT2D eigenvalue weighted by Gasteiger charge is -2.46. The summed E-state index contributed by atoms with van der Waals surface area (Å²) in [6.07, 6.45) is 1.09. The van der Waals surface area contributed by atoms with E-state index in [1.807, 2.05) is 0 Å². The van der Waals surface area contributed by atoms with Gasteiger partial charge in [0, 0.05) is 5.16 Å². The van der Waals surface area contributed by atoms with Crippen LogP contribution >= 0.6 is 11.1 Å². The SMILES string of the molecule is CC(C)(C)CC([Si](C)(C)C)[Si](Cl)(O[Si](C)(C)C)O[Si](C)(C)C. The molecule has 134 valence electrons. The summed E-state index contributed by atoms with van der Waals surface area (Å²) in [4.78, 5) is 0. The van der Waals surface area contributed by atoms with Crippen molar-refractivity contribution in [3.05, 3.63) is 0 Å². The molecule has 22 heavy (non-hydrogen) atoms. The third-order valence-corrected chi connectivity index (χ3v) is 20.1. The Morgan fingerprint density at radius 3 is 1.27 bits per heavy atom. The van der Waals surface area contributed by atoms with Gasteiger partial charge < -0.3 is 8.23 Å². The van der Waals surface area contributed by atoms with Gasteiger partial charge in [-0.05, 0) is 51.1 Å². The minimum Gasteiger partial charge on any atom is -0.426 e. The van der Waals surface area contributed by atoms with E-state index in [1.54, 1.807) is 0 Å². The zero-order valence-corrected chi connectivity index (χ0v) is 21.7. The van der Waals surface area contributed by atoms with Gasteiger partial charge >= 0.3 is 7.87 Å². The fraction of sp³-hybridized carbons (Fsp3) is 1.00. The van der Waals surface area contributed by atoms with Crippen molar-refractivity contribution < 1.29 is 8.23 Å². The highest BCUT2D eigenvalue weighted by atomic mass is 35.6. The van der Waals surface area contributed by atoms with Crippen LogP contribution in [0.1, 0.15) is 27.2 Å². The third-order valence-electron chi connectivity index (χ3n) is 3.17. The average molecular weight is 399 g/mol. The zero-order valence-electron chi connectivity index (χ0n) is 17.0.